The summed E-state index contributed by atoms with van der Waals surface area (Å²) in [6.07, 6.45) is 1.71. The number of benzene rings is 2. The van der Waals surface area contributed by atoms with Crippen LogP contribution in [0, 0.1) is 0 Å². The summed E-state index contributed by atoms with van der Waals surface area (Å²) in [4.78, 5) is 24.7. The molecular formula is C21H24N2O3. The molecule has 0 spiro atoms. The van der Waals surface area contributed by atoms with Crippen molar-refractivity contribution in [3.05, 3.63) is 72.3 Å². The third-order valence-corrected chi connectivity index (χ3v) is 3.86. The van der Waals surface area contributed by atoms with E-state index in [0.29, 0.717) is 23.5 Å². The Kier molecular flexibility index (Phi) is 6.97. The zero-order chi connectivity index (χ0) is 18.9. The molecule has 0 unspecified atom stereocenters. The first-order chi connectivity index (χ1) is 12.6. The van der Waals surface area contributed by atoms with Gasteiger partial charge in [0, 0.05) is 6.54 Å². The van der Waals surface area contributed by atoms with Gasteiger partial charge in [0.1, 0.15) is 5.75 Å². The van der Waals surface area contributed by atoms with Gasteiger partial charge in [-0.25, -0.2) is 0 Å². The van der Waals surface area contributed by atoms with Crippen LogP contribution in [0.5, 0.6) is 5.75 Å². The molecule has 2 aromatic carbocycles. The Morgan fingerprint density at radius 2 is 1.85 bits per heavy atom. The highest BCUT2D eigenvalue weighted by atomic mass is 16.5. The monoisotopic (exact) mass is 352 g/mol. The van der Waals surface area contributed by atoms with Gasteiger partial charge in [-0.15, -0.1) is 6.58 Å². The zero-order valence-corrected chi connectivity index (χ0v) is 15.1. The Balaban J connectivity index is 2.09. The molecule has 0 aliphatic rings. The number of ether oxygens (including phenoxy) is 1. The van der Waals surface area contributed by atoms with Crippen molar-refractivity contribution >= 4 is 17.5 Å². The van der Waals surface area contributed by atoms with Gasteiger partial charge in [-0.1, -0.05) is 43.3 Å². The lowest BCUT2D eigenvalue weighted by atomic mass is 10.1. The molecule has 5 heteroatoms. The molecule has 0 aromatic heterocycles. The molecule has 0 aliphatic carbocycles. The molecule has 0 fully saturated rings. The second kappa shape index (κ2) is 9.42. The Morgan fingerprint density at radius 3 is 2.58 bits per heavy atom. The summed E-state index contributed by atoms with van der Waals surface area (Å²) < 4.78 is 5.81. The normalized spacial score (nSPS) is 11.3. The molecule has 2 amide bonds. The van der Waals surface area contributed by atoms with Crippen molar-refractivity contribution in [1.29, 1.82) is 0 Å². The van der Waals surface area contributed by atoms with Crippen LogP contribution in [-0.2, 0) is 11.2 Å². The fourth-order valence-electron chi connectivity index (χ4n) is 2.44. The van der Waals surface area contributed by atoms with Crippen LogP contribution in [0.15, 0.2) is 61.2 Å². The molecule has 0 saturated carbocycles. The van der Waals surface area contributed by atoms with Gasteiger partial charge in [-0.2, -0.15) is 0 Å². The second-order valence-electron chi connectivity index (χ2n) is 5.75. The van der Waals surface area contributed by atoms with E-state index in [0.717, 1.165) is 12.0 Å². The third-order valence-electron chi connectivity index (χ3n) is 3.86. The number of para-hydroxylation sites is 2. The maximum absolute atomic E-state index is 12.5. The summed E-state index contributed by atoms with van der Waals surface area (Å²) in [5, 5.41) is 5.48. The van der Waals surface area contributed by atoms with Gasteiger partial charge in [0.25, 0.3) is 11.8 Å². The van der Waals surface area contributed by atoms with Crippen molar-refractivity contribution in [3.8, 4) is 5.75 Å². The standard InChI is InChI=1S/C21H24N2O3/c1-4-14-22-21(25)17-11-7-8-12-18(17)23-20(24)15(3)26-19-13-9-6-10-16(19)5-2/h4,6-13,15H,1,5,14H2,2-3H3,(H,22,25)(H,23,24)/t15-/m0/s1. The van der Waals surface area contributed by atoms with Crippen LogP contribution in [0.4, 0.5) is 5.69 Å². The SMILES string of the molecule is C=CCNC(=O)c1ccccc1NC(=O)[C@H](C)Oc1ccccc1CC. The van der Waals surface area contributed by atoms with Crippen LogP contribution >= 0.6 is 0 Å². The molecule has 0 bridgehead atoms. The molecule has 26 heavy (non-hydrogen) atoms. The number of carbonyl (C=O) groups is 2. The summed E-state index contributed by atoms with van der Waals surface area (Å²) in [7, 11) is 0. The smallest absolute Gasteiger partial charge is 0.265 e. The van der Waals surface area contributed by atoms with Gasteiger partial charge in [0.05, 0.1) is 11.3 Å². The van der Waals surface area contributed by atoms with Crippen LogP contribution in [-0.4, -0.2) is 24.5 Å². The van der Waals surface area contributed by atoms with E-state index < -0.39 is 6.10 Å². The van der Waals surface area contributed by atoms with Gasteiger partial charge >= 0.3 is 0 Å². The number of nitrogens with one attached hydrogen (secondary N) is 2. The van der Waals surface area contributed by atoms with Crippen LogP contribution in [0.2, 0.25) is 0 Å². The van der Waals surface area contributed by atoms with E-state index in [1.807, 2.05) is 31.2 Å². The van der Waals surface area contributed by atoms with E-state index >= 15 is 0 Å². The number of hydrogen-bond acceptors (Lipinski definition) is 3. The Hall–Kier alpha value is -3.08. The van der Waals surface area contributed by atoms with E-state index in [2.05, 4.69) is 17.2 Å². The predicted octanol–water partition coefficient (Wildman–Crippen LogP) is 3.57. The van der Waals surface area contributed by atoms with Crippen molar-refractivity contribution in [2.45, 2.75) is 26.4 Å². The molecule has 136 valence electrons. The first kappa shape index (κ1) is 19.2. The van der Waals surface area contributed by atoms with Crippen LogP contribution < -0.4 is 15.4 Å². The minimum Gasteiger partial charge on any atom is -0.481 e. The van der Waals surface area contributed by atoms with Crippen LogP contribution in [0.1, 0.15) is 29.8 Å². The number of aryl methyl sites for hydroxylation is 1. The number of rotatable bonds is 8. The number of amides is 2. The summed E-state index contributed by atoms with van der Waals surface area (Å²) in [5.74, 6) is 0.0974. The molecule has 0 heterocycles. The molecule has 2 rings (SSSR count). The lowest BCUT2D eigenvalue weighted by Gasteiger charge is -2.18. The van der Waals surface area contributed by atoms with Gasteiger partial charge in [0.15, 0.2) is 6.10 Å². The highest BCUT2D eigenvalue weighted by Gasteiger charge is 2.19. The van der Waals surface area contributed by atoms with Crippen molar-refractivity contribution in [2.75, 3.05) is 11.9 Å². The van der Waals surface area contributed by atoms with Crippen LogP contribution in [0.25, 0.3) is 0 Å². The first-order valence-corrected chi connectivity index (χ1v) is 8.60. The minimum absolute atomic E-state index is 0.272. The van der Waals surface area contributed by atoms with Gasteiger partial charge in [-0.05, 0) is 37.1 Å². The fourth-order valence-corrected chi connectivity index (χ4v) is 2.44. The molecule has 0 saturated heterocycles. The largest absolute Gasteiger partial charge is 0.481 e. The number of hydrogen-bond donors (Lipinski definition) is 2. The molecular weight excluding hydrogens is 328 g/mol. The summed E-state index contributed by atoms with van der Waals surface area (Å²) in [6, 6.07) is 14.5. The summed E-state index contributed by atoms with van der Waals surface area (Å²) in [5.41, 5.74) is 1.87. The Labute approximate surface area is 154 Å². The Bertz CT molecular complexity index is 786. The molecule has 1 atom stereocenters. The quantitative estimate of drug-likeness (QED) is 0.714. The third kappa shape index (κ3) is 4.96. The van der Waals surface area contributed by atoms with Gasteiger partial charge in [0.2, 0.25) is 0 Å². The maximum Gasteiger partial charge on any atom is 0.265 e. The number of carbonyl (C=O) groups excluding carboxylic acids is 2. The van der Waals surface area contributed by atoms with Crippen molar-refractivity contribution < 1.29 is 14.3 Å². The highest BCUT2D eigenvalue weighted by Crippen LogP contribution is 2.21. The van der Waals surface area contributed by atoms with Crippen molar-refractivity contribution in [2.24, 2.45) is 0 Å². The predicted molar refractivity (Wildman–Crippen MR) is 104 cm³/mol. The number of anilines is 1. The second-order valence-corrected chi connectivity index (χ2v) is 5.75. The summed E-state index contributed by atoms with van der Waals surface area (Å²) >= 11 is 0. The van der Waals surface area contributed by atoms with Gasteiger partial charge in [-0.3, -0.25) is 9.59 Å². The minimum atomic E-state index is -0.702. The molecule has 0 aliphatic heterocycles. The van der Waals surface area contributed by atoms with E-state index in [1.54, 1.807) is 37.3 Å². The molecule has 2 N–H and O–H groups in total. The van der Waals surface area contributed by atoms with E-state index in [1.165, 1.54) is 0 Å². The first-order valence-electron chi connectivity index (χ1n) is 8.60. The Morgan fingerprint density at radius 1 is 1.15 bits per heavy atom. The lowest BCUT2D eigenvalue weighted by molar-refractivity contribution is -0.122. The van der Waals surface area contributed by atoms with Gasteiger partial charge < -0.3 is 15.4 Å². The summed E-state index contributed by atoms with van der Waals surface area (Å²) in [6.45, 7) is 7.64. The molecule has 5 nitrogen and oxygen atoms in total. The molecule has 2 aromatic rings. The van der Waals surface area contributed by atoms with E-state index in [4.69, 9.17) is 4.74 Å². The highest BCUT2D eigenvalue weighted by molar-refractivity contribution is 6.04. The van der Waals surface area contributed by atoms with E-state index in [9.17, 15) is 9.59 Å². The average Bonchev–Trinajstić information content (AvgIpc) is 2.66. The average molecular weight is 352 g/mol. The van der Waals surface area contributed by atoms with Crippen molar-refractivity contribution in [1.82, 2.24) is 5.32 Å². The lowest BCUT2D eigenvalue weighted by Crippen LogP contribution is -2.32. The van der Waals surface area contributed by atoms with E-state index in [-0.39, 0.29) is 11.8 Å². The fraction of sp³-hybridized carbons (Fsp3) is 0.238. The zero-order valence-electron chi connectivity index (χ0n) is 15.1. The maximum atomic E-state index is 12.5. The topological polar surface area (TPSA) is 67.4 Å². The van der Waals surface area contributed by atoms with Crippen LogP contribution in [0.3, 0.4) is 0 Å². The van der Waals surface area contributed by atoms with Crippen molar-refractivity contribution in [3.63, 3.8) is 0 Å². The molecule has 0 radical (unpaired) electrons.